The summed E-state index contributed by atoms with van der Waals surface area (Å²) >= 11 is 0. The molecule has 0 spiro atoms. The highest BCUT2D eigenvalue weighted by Crippen LogP contribution is 2.47. The third-order valence-electron chi connectivity index (χ3n) is 14.1. The number of hydrogen-bond donors (Lipinski definition) is 6. The molecule has 4 aliphatic heterocycles. The Kier molecular flexibility index (Phi) is 12.2. The van der Waals surface area contributed by atoms with Crippen LogP contribution in [0.3, 0.4) is 0 Å². The standard InChI is InChI=1S/C33H37N5O5.C18H23NO3/c1-32(35-29(39)21-15-23-22-10-6-11-24-28(22)20(17-34-24)16-25(23)36(2)18-21)31(41)38-26(14-19-8-4-3-5-9-19)30(40)37-13-7-12-27(37)33(38,42)43-32;1-13(12-22-17-6-4-3-5-7-17)19-14(2)18(21)15-8-10-16(20)11-9-15/h3-6,8-11,17,21,23,25-27,34,42H,7,12-16,18H2,1-2H3,(H,35,39);3-11,13-14,18-21H,12H2,1-2H3/t21-,23-,25-,26+,27+,32-,33+;/m1./s1. The molecule has 3 unspecified atom stereocenters. The predicted octanol–water partition coefficient (Wildman–Crippen LogP) is 4.95. The average Bonchev–Trinajstić information content (AvgIpc) is 4.02. The number of fused-ring (bicyclic) bond motifs is 5. The summed E-state index contributed by atoms with van der Waals surface area (Å²) in [6.07, 6.45) is 4.49. The maximum absolute atomic E-state index is 14.2. The molecule has 5 aliphatic rings. The molecule has 0 bridgehead atoms. The molecule has 14 nitrogen and oxygen atoms in total. The summed E-state index contributed by atoms with van der Waals surface area (Å²) in [5.74, 6) is -2.28. The van der Waals surface area contributed by atoms with Crippen LogP contribution in [0.25, 0.3) is 10.9 Å². The van der Waals surface area contributed by atoms with Gasteiger partial charge >= 0.3 is 0 Å². The molecular weight excluding hydrogens is 825 g/mol. The van der Waals surface area contributed by atoms with Crippen molar-refractivity contribution < 1.29 is 39.2 Å². The van der Waals surface area contributed by atoms with Crippen molar-refractivity contribution in [2.45, 2.75) is 107 Å². The topological polar surface area (TPSA) is 180 Å². The van der Waals surface area contributed by atoms with E-state index in [-0.39, 0.29) is 53.9 Å². The Labute approximate surface area is 379 Å². The van der Waals surface area contributed by atoms with E-state index < -0.39 is 35.7 Å². The SMILES string of the molecule is CC(COc1ccccc1)NC(C)C(O)c1ccc(O)cc1.CN1C[C@H](C(=O)N[C@]2(C)O[C@@]3(O)[C@@H]4CCCN4C(=O)[C@H](Cc4ccccc4)N3C2=O)C[C@@H]2c3cccc4[nH]cc(c34)C[C@H]21. The molecule has 14 heteroatoms. The van der Waals surface area contributed by atoms with E-state index in [0.29, 0.717) is 39.0 Å². The van der Waals surface area contributed by atoms with Gasteiger partial charge in [0.1, 0.15) is 30.2 Å². The number of aromatic amines is 1. The number of hydrogen-bond acceptors (Lipinski definition) is 10. The second kappa shape index (κ2) is 17.9. The maximum Gasteiger partial charge on any atom is 0.280 e. The number of aromatic nitrogens is 1. The number of amides is 3. The van der Waals surface area contributed by atoms with Crippen molar-refractivity contribution in [1.82, 2.24) is 30.3 Å². The van der Waals surface area contributed by atoms with Crippen LogP contribution in [0, 0.1) is 5.92 Å². The predicted molar refractivity (Wildman–Crippen MR) is 244 cm³/mol. The molecule has 0 radical (unpaired) electrons. The smallest absolute Gasteiger partial charge is 0.280 e. The van der Waals surface area contributed by atoms with Crippen LogP contribution in [0.2, 0.25) is 0 Å². The minimum absolute atomic E-state index is 0.0990. The Hall–Kier alpha value is -5.77. The number of para-hydroxylation sites is 1. The first-order chi connectivity index (χ1) is 31.2. The van der Waals surface area contributed by atoms with Gasteiger partial charge in [0.15, 0.2) is 0 Å². The fourth-order valence-corrected chi connectivity index (χ4v) is 10.9. The summed E-state index contributed by atoms with van der Waals surface area (Å²) in [4.78, 5) is 50.4. The van der Waals surface area contributed by atoms with Crippen molar-refractivity contribution in [2.75, 3.05) is 26.7 Å². The first-order valence-corrected chi connectivity index (χ1v) is 22.9. The number of rotatable bonds is 11. The average molecular weight is 885 g/mol. The molecule has 10 atom stereocenters. The van der Waals surface area contributed by atoms with Crippen LogP contribution in [-0.2, 0) is 32.0 Å². The van der Waals surface area contributed by atoms with Gasteiger partial charge in [0, 0.05) is 60.7 Å². The lowest BCUT2D eigenvalue weighted by Crippen LogP contribution is -2.71. The van der Waals surface area contributed by atoms with Gasteiger partial charge in [-0.3, -0.25) is 24.0 Å². The van der Waals surface area contributed by atoms with E-state index >= 15 is 0 Å². The molecule has 5 aromatic rings. The number of aromatic hydroxyl groups is 1. The fourth-order valence-electron chi connectivity index (χ4n) is 10.9. The highest BCUT2D eigenvalue weighted by molar-refractivity contribution is 5.97. The lowest BCUT2D eigenvalue weighted by molar-refractivity contribution is -0.315. The molecule has 65 heavy (non-hydrogen) atoms. The molecule has 4 saturated heterocycles. The van der Waals surface area contributed by atoms with Crippen molar-refractivity contribution in [1.29, 1.82) is 0 Å². The first kappa shape index (κ1) is 44.4. The Balaban J connectivity index is 0.000000205. The molecule has 1 aliphatic carbocycles. The van der Waals surface area contributed by atoms with Crippen molar-refractivity contribution in [3.05, 3.63) is 132 Å². The number of aliphatic hydroxyl groups is 2. The molecule has 4 fully saturated rings. The van der Waals surface area contributed by atoms with Crippen molar-refractivity contribution in [3.63, 3.8) is 0 Å². The fraction of sp³-hybridized carbons (Fsp3) is 0.431. The number of phenolic OH excluding ortho intramolecular Hbond substituents is 1. The van der Waals surface area contributed by atoms with Crippen LogP contribution in [0.15, 0.2) is 109 Å². The zero-order chi connectivity index (χ0) is 45.6. The summed E-state index contributed by atoms with van der Waals surface area (Å²) in [6.45, 7) is 7.02. The van der Waals surface area contributed by atoms with Crippen molar-refractivity contribution >= 4 is 28.6 Å². The van der Waals surface area contributed by atoms with Crippen LogP contribution < -0.4 is 15.4 Å². The van der Waals surface area contributed by atoms with E-state index in [1.807, 2.05) is 74.5 Å². The number of aliphatic hydroxyl groups excluding tert-OH is 1. The largest absolute Gasteiger partial charge is 0.508 e. The number of carbonyl (C=O) groups is 3. The van der Waals surface area contributed by atoms with E-state index in [2.05, 4.69) is 52.0 Å². The summed E-state index contributed by atoms with van der Waals surface area (Å²) in [7, 11) is 2.06. The van der Waals surface area contributed by atoms with Gasteiger partial charge in [0.25, 0.3) is 11.8 Å². The summed E-state index contributed by atoms with van der Waals surface area (Å²) in [6, 6.07) is 30.7. The third kappa shape index (κ3) is 8.49. The maximum atomic E-state index is 14.2. The minimum Gasteiger partial charge on any atom is -0.508 e. The number of nitrogens with zero attached hydrogens (tertiary/aromatic N) is 3. The number of benzene rings is 4. The summed E-state index contributed by atoms with van der Waals surface area (Å²) in [5.41, 5.74) is 3.51. The van der Waals surface area contributed by atoms with E-state index in [1.54, 1.807) is 29.2 Å². The van der Waals surface area contributed by atoms with Crippen molar-refractivity contribution in [2.24, 2.45) is 5.92 Å². The Morgan fingerprint density at radius 2 is 1.71 bits per heavy atom. The van der Waals surface area contributed by atoms with Gasteiger partial charge in [-0.25, -0.2) is 0 Å². The van der Waals surface area contributed by atoms with Crippen LogP contribution in [-0.4, -0.2) is 121 Å². The quantitative estimate of drug-likeness (QED) is 0.106. The van der Waals surface area contributed by atoms with Gasteiger partial charge in [-0.05, 0) is 106 Å². The number of likely N-dealkylation sites (tertiary alicyclic amines) is 1. The van der Waals surface area contributed by atoms with Crippen LogP contribution in [0.5, 0.6) is 11.5 Å². The number of nitrogens with one attached hydrogen (secondary N) is 3. The van der Waals surface area contributed by atoms with Crippen LogP contribution in [0.1, 0.15) is 74.3 Å². The Morgan fingerprint density at radius 3 is 2.45 bits per heavy atom. The number of ether oxygens (including phenoxy) is 2. The number of phenols is 1. The molecule has 4 aromatic carbocycles. The van der Waals surface area contributed by atoms with Gasteiger partial charge < -0.3 is 45.5 Å². The first-order valence-electron chi connectivity index (χ1n) is 22.9. The molecule has 1 aromatic heterocycles. The van der Waals surface area contributed by atoms with E-state index in [0.717, 1.165) is 28.8 Å². The summed E-state index contributed by atoms with van der Waals surface area (Å²) in [5, 5.41) is 39.2. The summed E-state index contributed by atoms with van der Waals surface area (Å²) < 4.78 is 11.9. The van der Waals surface area contributed by atoms with Crippen molar-refractivity contribution in [3.8, 4) is 11.5 Å². The number of piperazine rings is 1. The number of carbonyl (C=O) groups excluding carboxylic acids is 3. The Bertz CT molecular complexity index is 2500. The lowest BCUT2D eigenvalue weighted by atomic mass is 9.72. The van der Waals surface area contributed by atoms with Crippen LogP contribution >= 0.6 is 0 Å². The van der Waals surface area contributed by atoms with Crippen LogP contribution in [0.4, 0.5) is 0 Å². The zero-order valence-electron chi connectivity index (χ0n) is 37.4. The molecule has 0 saturated carbocycles. The molecule has 6 N–H and O–H groups in total. The van der Waals surface area contributed by atoms with E-state index in [1.165, 1.54) is 28.3 Å². The monoisotopic (exact) mass is 884 g/mol. The second-order valence-corrected chi connectivity index (χ2v) is 18.7. The lowest BCUT2D eigenvalue weighted by Gasteiger charge is -2.48. The second-order valence-electron chi connectivity index (χ2n) is 18.7. The number of likely N-dealkylation sites (N-methyl/N-ethyl adjacent to an activating group) is 1. The zero-order valence-corrected chi connectivity index (χ0v) is 37.4. The minimum atomic E-state index is -2.03. The van der Waals surface area contributed by atoms with Gasteiger partial charge in [-0.15, -0.1) is 0 Å². The Morgan fingerprint density at radius 1 is 0.985 bits per heavy atom. The molecule has 3 amide bonds. The van der Waals surface area contributed by atoms with Gasteiger partial charge in [0.05, 0.1) is 12.0 Å². The van der Waals surface area contributed by atoms with Gasteiger partial charge in [-0.1, -0.05) is 72.8 Å². The molecule has 342 valence electrons. The normalized spacial score (nSPS) is 28.4. The number of H-pyrrole nitrogens is 1. The highest BCUT2D eigenvalue weighted by atomic mass is 16.7. The molecular formula is C51H60N6O8. The van der Waals surface area contributed by atoms with Gasteiger partial charge in [0.2, 0.25) is 17.5 Å². The van der Waals surface area contributed by atoms with E-state index in [4.69, 9.17) is 9.47 Å². The molecule has 5 heterocycles. The van der Waals surface area contributed by atoms with Gasteiger partial charge in [-0.2, -0.15) is 0 Å². The molecule has 10 rings (SSSR count). The number of piperidine rings is 1. The third-order valence-corrected chi connectivity index (χ3v) is 14.1. The van der Waals surface area contributed by atoms with E-state index in [9.17, 15) is 29.7 Å². The highest BCUT2D eigenvalue weighted by Gasteiger charge is 2.70.